The van der Waals surface area contributed by atoms with Gasteiger partial charge in [0.15, 0.2) is 0 Å². The fraction of sp³-hybridized carbons (Fsp3) is 0.419. The van der Waals surface area contributed by atoms with Crippen molar-refractivity contribution in [1.29, 1.82) is 0 Å². The van der Waals surface area contributed by atoms with Crippen LogP contribution >= 0.6 is 0 Å². The normalized spacial score (nSPS) is 21.8. The summed E-state index contributed by atoms with van der Waals surface area (Å²) in [5, 5.41) is 18.8. The van der Waals surface area contributed by atoms with Crippen molar-refractivity contribution >= 4 is 28.7 Å². The van der Waals surface area contributed by atoms with Crippen molar-refractivity contribution in [3.8, 4) is 11.3 Å². The highest BCUT2D eigenvalue weighted by molar-refractivity contribution is 5.75. The Morgan fingerprint density at radius 1 is 1.16 bits per heavy atom. The number of amides is 1. The lowest BCUT2D eigenvalue weighted by Gasteiger charge is -2.46. The third-order valence-electron chi connectivity index (χ3n) is 8.83. The molecule has 4 N–H and O–H groups in total. The molecular formula is C31H36F2N8O3. The SMILES string of the molecule is CC(=O)N(C)C1C(C)CN(c2ccncc2Nc2ncc3ccc(-c4c(F)cc(C5(O)CCOCC5)cc4F)nn23)CC1N. The maximum Gasteiger partial charge on any atom is 0.229 e. The van der Waals surface area contributed by atoms with Gasteiger partial charge in [0.1, 0.15) is 11.6 Å². The summed E-state index contributed by atoms with van der Waals surface area (Å²) in [7, 11) is 1.78. The van der Waals surface area contributed by atoms with E-state index in [1.54, 1.807) is 43.5 Å². The third kappa shape index (κ3) is 5.46. The number of carbonyl (C=O) groups excluding carboxylic acids is 1. The molecular weight excluding hydrogens is 570 g/mol. The highest BCUT2D eigenvalue weighted by Gasteiger charge is 2.37. The van der Waals surface area contributed by atoms with E-state index in [0.29, 0.717) is 43.5 Å². The number of nitrogens with zero attached hydrogens (tertiary/aromatic N) is 6. The van der Waals surface area contributed by atoms with Gasteiger partial charge in [0.2, 0.25) is 11.9 Å². The summed E-state index contributed by atoms with van der Waals surface area (Å²) in [6.45, 7) is 5.43. The Labute approximate surface area is 253 Å². The monoisotopic (exact) mass is 606 g/mol. The van der Waals surface area contributed by atoms with Crippen LogP contribution in [0.5, 0.6) is 0 Å². The van der Waals surface area contributed by atoms with Crippen molar-refractivity contribution in [3.05, 3.63) is 66.1 Å². The van der Waals surface area contributed by atoms with E-state index < -0.39 is 17.2 Å². The number of anilines is 3. The predicted molar refractivity (Wildman–Crippen MR) is 161 cm³/mol. The fourth-order valence-corrected chi connectivity index (χ4v) is 6.46. The van der Waals surface area contributed by atoms with Gasteiger partial charge in [0.05, 0.1) is 52.2 Å². The number of nitrogens with two attached hydrogens (primary N) is 1. The van der Waals surface area contributed by atoms with Gasteiger partial charge in [0, 0.05) is 65.4 Å². The smallest absolute Gasteiger partial charge is 0.229 e. The first-order valence-corrected chi connectivity index (χ1v) is 14.7. The molecule has 6 rings (SSSR count). The summed E-state index contributed by atoms with van der Waals surface area (Å²) in [5.41, 5.74) is 7.29. The predicted octanol–water partition coefficient (Wildman–Crippen LogP) is 3.44. The Kier molecular flexibility index (Phi) is 7.95. The van der Waals surface area contributed by atoms with E-state index in [1.165, 1.54) is 22.7 Å². The van der Waals surface area contributed by atoms with E-state index in [4.69, 9.17) is 10.5 Å². The third-order valence-corrected chi connectivity index (χ3v) is 8.83. The number of hydrogen-bond donors (Lipinski definition) is 3. The quantitative estimate of drug-likeness (QED) is 0.302. The first-order chi connectivity index (χ1) is 21.1. The van der Waals surface area contributed by atoms with Crippen LogP contribution < -0.4 is 16.0 Å². The number of pyridine rings is 1. The number of imidazole rings is 1. The van der Waals surface area contributed by atoms with Crippen molar-refractivity contribution in [2.45, 2.75) is 44.4 Å². The molecule has 3 unspecified atom stereocenters. The van der Waals surface area contributed by atoms with Gasteiger partial charge < -0.3 is 30.7 Å². The zero-order valence-corrected chi connectivity index (χ0v) is 24.9. The maximum absolute atomic E-state index is 15.4. The number of aliphatic hydroxyl groups is 1. The number of carbonyl (C=O) groups is 1. The molecule has 3 aromatic heterocycles. The topological polar surface area (TPSA) is 134 Å². The van der Waals surface area contributed by atoms with Gasteiger partial charge in [0.25, 0.3) is 0 Å². The Morgan fingerprint density at radius 2 is 1.89 bits per heavy atom. The maximum atomic E-state index is 15.4. The van der Waals surface area contributed by atoms with Gasteiger partial charge in [-0.2, -0.15) is 9.61 Å². The summed E-state index contributed by atoms with van der Waals surface area (Å²) >= 11 is 0. The van der Waals surface area contributed by atoms with Crippen LogP contribution in [0.2, 0.25) is 0 Å². The van der Waals surface area contributed by atoms with Gasteiger partial charge in [-0.05, 0) is 41.8 Å². The van der Waals surface area contributed by atoms with E-state index >= 15 is 8.78 Å². The zero-order chi connectivity index (χ0) is 31.2. The van der Waals surface area contributed by atoms with Crippen LogP contribution in [-0.2, 0) is 15.1 Å². The van der Waals surface area contributed by atoms with Crippen LogP contribution in [0, 0.1) is 17.6 Å². The molecule has 0 bridgehead atoms. The number of hydrogen-bond acceptors (Lipinski definition) is 9. The van der Waals surface area contributed by atoms with Crippen LogP contribution in [0.3, 0.4) is 0 Å². The molecule has 5 heterocycles. The molecule has 2 saturated heterocycles. The number of halogens is 2. The second kappa shape index (κ2) is 11.7. The lowest BCUT2D eigenvalue weighted by Crippen LogP contribution is -2.62. The molecule has 1 amide bonds. The minimum absolute atomic E-state index is 0.0255. The molecule has 0 spiro atoms. The molecule has 4 aromatic rings. The molecule has 232 valence electrons. The van der Waals surface area contributed by atoms with Crippen molar-refractivity contribution < 1.29 is 23.4 Å². The van der Waals surface area contributed by atoms with E-state index in [-0.39, 0.29) is 53.6 Å². The molecule has 0 radical (unpaired) electrons. The average Bonchev–Trinajstić information content (AvgIpc) is 3.38. The van der Waals surface area contributed by atoms with Crippen molar-refractivity contribution in [2.24, 2.45) is 11.7 Å². The number of ether oxygens (including phenoxy) is 1. The first kappa shape index (κ1) is 29.9. The molecule has 2 aliphatic heterocycles. The highest BCUT2D eigenvalue weighted by atomic mass is 19.1. The first-order valence-electron chi connectivity index (χ1n) is 14.7. The molecule has 2 fully saturated rings. The number of nitrogens with one attached hydrogen (secondary N) is 1. The molecule has 1 aromatic carbocycles. The van der Waals surface area contributed by atoms with E-state index in [1.807, 2.05) is 6.07 Å². The van der Waals surface area contributed by atoms with E-state index in [0.717, 1.165) is 5.69 Å². The van der Waals surface area contributed by atoms with Crippen molar-refractivity contribution in [3.63, 3.8) is 0 Å². The summed E-state index contributed by atoms with van der Waals surface area (Å²) < 4.78 is 37.6. The fourth-order valence-electron chi connectivity index (χ4n) is 6.46. The molecule has 0 saturated carbocycles. The number of fused-ring (bicyclic) bond motifs is 1. The molecule has 3 atom stereocenters. The molecule has 2 aliphatic rings. The summed E-state index contributed by atoms with van der Waals surface area (Å²) in [5.74, 6) is -1.23. The van der Waals surface area contributed by atoms with Crippen LogP contribution in [0.1, 0.15) is 32.3 Å². The largest absolute Gasteiger partial charge is 0.385 e. The van der Waals surface area contributed by atoms with Crippen molar-refractivity contribution in [2.75, 3.05) is 43.6 Å². The van der Waals surface area contributed by atoms with E-state index in [2.05, 4.69) is 32.2 Å². The molecule has 13 heteroatoms. The number of aromatic nitrogens is 4. The Balaban J connectivity index is 1.29. The lowest BCUT2D eigenvalue weighted by molar-refractivity contribution is -0.131. The number of piperidine rings is 1. The lowest BCUT2D eigenvalue weighted by atomic mass is 9.85. The molecule has 44 heavy (non-hydrogen) atoms. The highest BCUT2D eigenvalue weighted by Crippen LogP contribution is 2.36. The van der Waals surface area contributed by atoms with Crippen LogP contribution in [0.25, 0.3) is 16.8 Å². The summed E-state index contributed by atoms with van der Waals surface area (Å²) in [6.07, 6.45) is 5.48. The van der Waals surface area contributed by atoms with Crippen LogP contribution in [0.4, 0.5) is 26.1 Å². The van der Waals surface area contributed by atoms with Gasteiger partial charge in [-0.1, -0.05) is 6.92 Å². The summed E-state index contributed by atoms with van der Waals surface area (Å²) in [6, 6.07) is 7.08. The molecule has 0 aliphatic carbocycles. The second-order valence-electron chi connectivity index (χ2n) is 11.8. The van der Waals surface area contributed by atoms with Gasteiger partial charge in [-0.3, -0.25) is 9.78 Å². The van der Waals surface area contributed by atoms with Crippen LogP contribution in [-0.4, -0.2) is 80.9 Å². The minimum atomic E-state index is -1.35. The Bertz CT molecular complexity index is 1660. The van der Waals surface area contributed by atoms with Crippen molar-refractivity contribution in [1.82, 2.24) is 24.5 Å². The van der Waals surface area contributed by atoms with Crippen LogP contribution in [0.15, 0.2) is 48.9 Å². The van der Waals surface area contributed by atoms with Gasteiger partial charge >= 0.3 is 0 Å². The minimum Gasteiger partial charge on any atom is -0.385 e. The molecule has 11 nitrogen and oxygen atoms in total. The Hall–Kier alpha value is -4.20. The zero-order valence-electron chi connectivity index (χ0n) is 24.9. The Morgan fingerprint density at radius 3 is 2.57 bits per heavy atom. The average molecular weight is 607 g/mol. The number of likely N-dealkylation sites (N-methyl/N-ethyl adjacent to an activating group) is 1. The number of rotatable bonds is 6. The van der Waals surface area contributed by atoms with Gasteiger partial charge in [-0.25, -0.2) is 13.8 Å². The second-order valence-corrected chi connectivity index (χ2v) is 11.8. The standard InChI is InChI=1S/C31H36F2N8O3/c1-18-16-40(17-24(34)29(18)39(3)19(2)42)27-6-9-35-15-26(27)37-30-36-14-21-4-5-25(38-41(21)30)28-22(32)12-20(13-23(28)33)31(43)7-10-44-11-8-31/h4-6,9,12-15,18,24,29,43H,7-8,10-11,16-17,34H2,1-3H3,(H,36,37). The summed E-state index contributed by atoms with van der Waals surface area (Å²) in [4.78, 5) is 24.7. The number of benzene rings is 1. The van der Waals surface area contributed by atoms with E-state index in [9.17, 15) is 9.90 Å². The van der Waals surface area contributed by atoms with Gasteiger partial charge in [-0.15, -0.1) is 0 Å².